The molecule has 0 bridgehead atoms. The van der Waals surface area contributed by atoms with E-state index in [0.29, 0.717) is 11.5 Å². The summed E-state index contributed by atoms with van der Waals surface area (Å²) in [7, 11) is 1.55. The first-order valence-electron chi connectivity index (χ1n) is 6.04. The number of ether oxygens (including phenoxy) is 2. The minimum atomic E-state index is -1.08. The van der Waals surface area contributed by atoms with E-state index < -0.39 is 5.97 Å². The molecule has 2 rings (SSSR count). The molecule has 1 aromatic carbocycles. The lowest BCUT2D eigenvalue weighted by Crippen LogP contribution is -2.00. The fourth-order valence-electron chi connectivity index (χ4n) is 1.59. The molecule has 0 saturated heterocycles. The van der Waals surface area contributed by atoms with Gasteiger partial charge in [-0.05, 0) is 24.1 Å². The van der Waals surface area contributed by atoms with Crippen LogP contribution in [0, 0.1) is 0 Å². The number of carboxylic acids is 1. The predicted octanol–water partition coefficient (Wildman–Crippen LogP) is 2.54. The summed E-state index contributed by atoms with van der Waals surface area (Å²) >= 11 is 0. The number of carbonyl (C=O) groups is 1. The Morgan fingerprint density at radius 2 is 1.95 bits per heavy atom. The maximum Gasteiger partial charge on any atom is 0.338 e. The SMILES string of the molecule is CCc1ccc(Oc2ncc(C(=O)O)cn2)c(OC)c1. The second-order valence-corrected chi connectivity index (χ2v) is 4.00. The molecule has 6 nitrogen and oxygen atoms in total. The highest BCUT2D eigenvalue weighted by atomic mass is 16.5. The first-order chi connectivity index (χ1) is 9.63. The van der Waals surface area contributed by atoms with Crippen molar-refractivity contribution >= 4 is 5.97 Å². The lowest BCUT2D eigenvalue weighted by atomic mass is 10.1. The smallest absolute Gasteiger partial charge is 0.338 e. The van der Waals surface area contributed by atoms with Gasteiger partial charge >= 0.3 is 12.0 Å². The summed E-state index contributed by atoms with van der Waals surface area (Å²) in [6.45, 7) is 2.04. The highest BCUT2D eigenvalue weighted by Crippen LogP contribution is 2.30. The molecule has 0 amide bonds. The van der Waals surface area contributed by atoms with Crippen molar-refractivity contribution in [2.45, 2.75) is 13.3 Å². The summed E-state index contributed by atoms with van der Waals surface area (Å²) in [6.07, 6.45) is 3.27. The first-order valence-corrected chi connectivity index (χ1v) is 6.04. The van der Waals surface area contributed by atoms with E-state index in [4.69, 9.17) is 14.6 Å². The highest BCUT2D eigenvalue weighted by Gasteiger charge is 2.09. The van der Waals surface area contributed by atoms with Crippen molar-refractivity contribution in [2.75, 3.05) is 7.11 Å². The summed E-state index contributed by atoms with van der Waals surface area (Å²) in [5, 5.41) is 8.76. The number of hydrogen-bond donors (Lipinski definition) is 1. The predicted molar refractivity (Wildman–Crippen MR) is 71.4 cm³/mol. The largest absolute Gasteiger partial charge is 0.493 e. The van der Waals surface area contributed by atoms with Gasteiger partial charge in [0, 0.05) is 12.4 Å². The molecule has 6 heteroatoms. The number of aromatic nitrogens is 2. The van der Waals surface area contributed by atoms with Crippen molar-refractivity contribution in [1.29, 1.82) is 0 Å². The Kier molecular flexibility index (Phi) is 4.14. The van der Waals surface area contributed by atoms with Crippen LogP contribution in [0.15, 0.2) is 30.6 Å². The number of aryl methyl sites for hydroxylation is 1. The van der Waals surface area contributed by atoms with E-state index in [0.717, 1.165) is 12.0 Å². The Labute approximate surface area is 116 Å². The van der Waals surface area contributed by atoms with Crippen LogP contribution in [0.3, 0.4) is 0 Å². The molecule has 0 unspecified atom stereocenters. The van der Waals surface area contributed by atoms with Gasteiger partial charge in [-0.3, -0.25) is 0 Å². The summed E-state index contributed by atoms with van der Waals surface area (Å²) in [5.74, 6) is -0.0236. The lowest BCUT2D eigenvalue weighted by molar-refractivity contribution is 0.0696. The minimum Gasteiger partial charge on any atom is -0.493 e. The van der Waals surface area contributed by atoms with E-state index in [1.165, 1.54) is 12.4 Å². The highest BCUT2D eigenvalue weighted by molar-refractivity contribution is 5.86. The molecule has 1 aromatic heterocycles. The third kappa shape index (κ3) is 3.03. The van der Waals surface area contributed by atoms with Crippen LogP contribution >= 0.6 is 0 Å². The normalized spacial score (nSPS) is 10.1. The third-order valence-electron chi connectivity index (χ3n) is 2.71. The Hall–Kier alpha value is -2.63. The molecule has 0 radical (unpaired) electrons. The van der Waals surface area contributed by atoms with E-state index in [2.05, 4.69) is 9.97 Å². The van der Waals surface area contributed by atoms with E-state index in [9.17, 15) is 4.79 Å². The maximum atomic E-state index is 10.7. The van der Waals surface area contributed by atoms with Gasteiger partial charge in [-0.1, -0.05) is 13.0 Å². The second kappa shape index (κ2) is 6.01. The molecule has 0 saturated carbocycles. The van der Waals surface area contributed by atoms with Crippen LogP contribution in [0.2, 0.25) is 0 Å². The molecule has 0 aliphatic heterocycles. The molecule has 0 fully saturated rings. The number of carboxylic acid groups (broad SMARTS) is 1. The molecule has 0 atom stereocenters. The Morgan fingerprint density at radius 1 is 1.25 bits per heavy atom. The van der Waals surface area contributed by atoms with Crippen molar-refractivity contribution in [3.63, 3.8) is 0 Å². The average Bonchev–Trinajstić information content (AvgIpc) is 2.48. The Morgan fingerprint density at radius 3 is 2.50 bits per heavy atom. The van der Waals surface area contributed by atoms with Gasteiger partial charge in [0.05, 0.1) is 12.7 Å². The summed E-state index contributed by atoms with van der Waals surface area (Å²) in [4.78, 5) is 18.4. The van der Waals surface area contributed by atoms with Crippen LogP contribution in [0.4, 0.5) is 0 Å². The Bertz CT molecular complexity index is 611. The quantitative estimate of drug-likeness (QED) is 0.902. The number of hydrogen-bond acceptors (Lipinski definition) is 5. The van der Waals surface area contributed by atoms with Crippen LogP contribution in [0.25, 0.3) is 0 Å². The van der Waals surface area contributed by atoms with Gasteiger partial charge in [0.25, 0.3) is 0 Å². The van der Waals surface area contributed by atoms with Gasteiger partial charge in [-0.2, -0.15) is 0 Å². The average molecular weight is 274 g/mol. The van der Waals surface area contributed by atoms with E-state index >= 15 is 0 Å². The van der Waals surface area contributed by atoms with Crippen molar-refractivity contribution in [3.05, 3.63) is 41.7 Å². The molecule has 2 aromatic rings. The van der Waals surface area contributed by atoms with Crippen LogP contribution in [0.1, 0.15) is 22.8 Å². The molecular weight excluding hydrogens is 260 g/mol. The zero-order valence-electron chi connectivity index (χ0n) is 11.2. The standard InChI is InChI=1S/C14H14N2O4/c1-3-9-4-5-11(12(6-9)19-2)20-14-15-7-10(8-16-14)13(17)18/h4-8H,3H2,1-2H3,(H,17,18). The van der Waals surface area contributed by atoms with Gasteiger partial charge in [-0.25, -0.2) is 14.8 Å². The third-order valence-corrected chi connectivity index (χ3v) is 2.71. The van der Waals surface area contributed by atoms with Gasteiger partial charge < -0.3 is 14.6 Å². The molecule has 20 heavy (non-hydrogen) atoms. The Balaban J connectivity index is 2.23. The number of aromatic carboxylic acids is 1. The molecule has 0 spiro atoms. The molecule has 1 N–H and O–H groups in total. The van der Waals surface area contributed by atoms with E-state index in [-0.39, 0.29) is 11.6 Å². The van der Waals surface area contributed by atoms with Crippen LogP contribution in [0.5, 0.6) is 17.5 Å². The molecule has 104 valence electrons. The number of benzene rings is 1. The number of rotatable bonds is 5. The summed E-state index contributed by atoms with van der Waals surface area (Å²) in [5.41, 5.74) is 1.13. The molecule has 0 aliphatic carbocycles. The molecule has 0 aliphatic rings. The fourth-order valence-corrected chi connectivity index (χ4v) is 1.59. The summed E-state index contributed by atoms with van der Waals surface area (Å²) < 4.78 is 10.7. The molecule has 1 heterocycles. The zero-order valence-corrected chi connectivity index (χ0v) is 11.2. The van der Waals surface area contributed by atoms with Gasteiger partial charge in [0.1, 0.15) is 0 Å². The van der Waals surface area contributed by atoms with Crippen LogP contribution < -0.4 is 9.47 Å². The van der Waals surface area contributed by atoms with Gasteiger partial charge in [0.2, 0.25) is 0 Å². The van der Waals surface area contributed by atoms with Crippen molar-refractivity contribution in [1.82, 2.24) is 9.97 Å². The van der Waals surface area contributed by atoms with Crippen LogP contribution in [-0.2, 0) is 6.42 Å². The summed E-state index contributed by atoms with van der Waals surface area (Å²) in [6, 6.07) is 5.63. The van der Waals surface area contributed by atoms with Crippen molar-refractivity contribution in [2.24, 2.45) is 0 Å². The lowest BCUT2D eigenvalue weighted by Gasteiger charge is -2.10. The monoisotopic (exact) mass is 274 g/mol. The molecular formula is C14H14N2O4. The van der Waals surface area contributed by atoms with Crippen LogP contribution in [-0.4, -0.2) is 28.2 Å². The topological polar surface area (TPSA) is 81.5 Å². The minimum absolute atomic E-state index is 0.00523. The zero-order chi connectivity index (χ0) is 14.5. The van der Waals surface area contributed by atoms with Crippen molar-refractivity contribution in [3.8, 4) is 17.5 Å². The number of methoxy groups -OCH3 is 1. The second-order valence-electron chi connectivity index (χ2n) is 4.00. The maximum absolute atomic E-state index is 10.7. The fraction of sp³-hybridized carbons (Fsp3) is 0.214. The van der Waals surface area contributed by atoms with E-state index in [1.807, 2.05) is 19.1 Å². The van der Waals surface area contributed by atoms with E-state index in [1.54, 1.807) is 13.2 Å². The van der Waals surface area contributed by atoms with Gasteiger partial charge in [-0.15, -0.1) is 0 Å². The van der Waals surface area contributed by atoms with Crippen molar-refractivity contribution < 1.29 is 19.4 Å². The first kappa shape index (κ1) is 13.8. The number of nitrogens with zero attached hydrogens (tertiary/aromatic N) is 2. The van der Waals surface area contributed by atoms with Gasteiger partial charge in [0.15, 0.2) is 11.5 Å².